The van der Waals surface area contributed by atoms with E-state index in [9.17, 15) is 9.18 Å². The molecule has 0 bridgehead atoms. The highest BCUT2D eigenvalue weighted by atomic mass is 19.1. The number of aromatic carboxylic acids is 1. The summed E-state index contributed by atoms with van der Waals surface area (Å²) < 4.78 is 18.8. The molecule has 6 nitrogen and oxygen atoms in total. The van der Waals surface area contributed by atoms with Crippen LogP contribution in [-0.4, -0.2) is 39.6 Å². The van der Waals surface area contributed by atoms with Crippen molar-refractivity contribution < 1.29 is 19.0 Å². The summed E-state index contributed by atoms with van der Waals surface area (Å²) in [5, 5.41) is 8.93. The van der Waals surface area contributed by atoms with Crippen molar-refractivity contribution in [3.05, 3.63) is 53.4 Å². The molecule has 1 aromatic carbocycles. The summed E-state index contributed by atoms with van der Waals surface area (Å²) in [6.45, 7) is 1.37. The summed E-state index contributed by atoms with van der Waals surface area (Å²) in [4.78, 5) is 21.5. The van der Waals surface area contributed by atoms with Crippen LogP contribution in [0.15, 0.2) is 30.6 Å². The highest BCUT2D eigenvalue weighted by molar-refractivity contribution is 5.86. The normalized spacial score (nSPS) is 17.8. The second-order valence-electron chi connectivity index (χ2n) is 5.72. The summed E-state index contributed by atoms with van der Waals surface area (Å²) in [5.41, 5.74) is 0.835. The van der Waals surface area contributed by atoms with E-state index in [-0.39, 0.29) is 17.4 Å². The number of benzene rings is 1. The maximum atomic E-state index is 13.5. The van der Waals surface area contributed by atoms with Crippen LogP contribution in [0.2, 0.25) is 0 Å². The Kier molecular flexibility index (Phi) is 4.71. The Hall–Kier alpha value is -2.54. The fraction of sp³-hybridized carbons (Fsp3) is 0.353. The van der Waals surface area contributed by atoms with E-state index in [4.69, 9.17) is 9.84 Å². The van der Waals surface area contributed by atoms with Gasteiger partial charge in [-0.1, -0.05) is 0 Å². The monoisotopic (exact) mass is 331 g/mol. The minimum Gasteiger partial charge on any atom is -0.496 e. The molecule has 24 heavy (non-hydrogen) atoms. The second kappa shape index (κ2) is 6.92. The molecule has 0 spiro atoms. The van der Waals surface area contributed by atoms with E-state index in [0.717, 1.165) is 24.9 Å². The predicted octanol–water partition coefficient (Wildman–Crippen LogP) is 2.66. The lowest BCUT2D eigenvalue weighted by atomic mass is 10.1. The quantitative estimate of drug-likeness (QED) is 0.908. The number of hydrogen-bond donors (Lipinski definition) is 1. The highest BCUT2D eigenvalue weighted by Gasteiger charge is 2.29. The molecule has 2 aromatic rings. The molecule has 1 aliphatic heterocycles. The van der Waals surface area contributed by atoms with E-state index in [1.807, 2.05) is 0 Å². The van der Waals surface area contributed by atoms with Crippen molar-refractivity contribution in [1.82, 2.24) is 14.9 Å². The van der Waals surface area contributed by atoms with Gasteiger partial charge in [0, 0.05) is 24.5 Å². The van der Waals surface area contributed by atoms with Gasteiger partial charge in [-0.15, -0.1) is 0 Å². The fourth-order valence-electron chi connectivity index (χ4n) is 3.02. The number of ether oxygens (including phenoxy) is 1. The van der Waals surface area contributed by atoms with Crippen molar-refractivity contribution in [2.45, 2.75) is 25.4 Å². The summed E-state index contributed by atoms with van der Waals surface area (Å²) in [6.07, 6.45) is 4.50. The zero-order chi connectivity index (χ0) is 17.1. The van der Waals surface area contributed by atoms with Crippen LogP contribution in [0, 0.1) is 5.82 Å². The van der Waals surface area contributed by atoms with E-state index in [2.05, 4.69) is 14.9 Å². The number of nitrogens with zero attached hydrogens (tertiary/aromatic N) is 3. The lowest BCUT2D eigenvalue weighted by Crippen LogP contribution is -2.24. The minimum atomic E-state index is -1.05. The van der Waals surface area contributed by atoms with Crippen LogP contribution < -0.4 is 4.74 Å². The first-order valence-corrected chi connectivity index (χ1v) is 7.70. The largest absolute Gasteiger partial charge is 0.496 e. The van der Waals surface area contributed by atoms with Crippen LogP contribution in [0.4, 0.5) is 4.39 Å². The van der Waals surface area contributed by atoms with E-state index >= 15 is 0 Å². The number of aromatic nitrogens is 2. The fourth-order valence-corrected chi connectivity index (χ4v) is 3.02. The number of rotatable bonds is 5. The Labute approximate surface area is 138 Å². The van der Waals surface area contributed by atoms with Gasteiger partial charge in [0.2, 0.25) is 0 Å². The standard InChI is InChI=1S/C17H18FN3O3/c1-24-15-5-4-13(18)7-11(15)10-21-6-2-3-14(21)16-19-8-12(9-20-16)17(22)23/h4-5,7-9,14H,2-3,6,10H2,1H3,(H,22,23). The molecule has 3 rings (SSSR count). The zero-order valence-electron chi connectivity index (χ0n) is 13.3. The van der Waals surface area contributed by atoms with Gasteiger partial charge in [0.25, 0.3) is 0 Å². The van der Waals surface area contributed by atoms with Gasteiger partial charge in [-0.05, 0) is 37.6 Å². The van der Waals surface area contributed by atoms with Crippen LogP contribution >= 0.6 is 0 Å². The van der Waals surface area contributed by atoms with E-state index in [1.165, 1.54) is 24.5 Å². The average molecular weight is 331 g/mol. The third-order valence-electron chi connectivity index (χ3n) is 4.20. The summed E-state index contributed by atoms with van der Waals surface area (Å²) in [6, 6.07) is 4.45. The van der Waals surface area contributed by atoms with Gasteiger partial charge in [-0.2, -0.15) is 0 Å². The van der Waals surface area contributed by atoms with Crippen LogP contribution in [0.1, 0.15) is 40.6 Å². The van der Waals surface area contributed by atoms with Crippen LogP contribution in [0.3, 0.4) is 0 Å². The molecule has 1 unspecified atom stereocenters. The third-order valence-corrected chi connectivity index (χ3v) is 4.20. The number of likely N-dealkylation sites (tertiary alicyclic amines) is 1. The minimum absolute atomic E-state index is 0.0131. The molecule has 2 heterocycles. The Morgan fingerprint density at radius 2 is 2.17 bits per heavy atom. The lowest BCUT2D eigenvalue weighted by Gasteiger charge is -2.24. The molecular formula is C17H18FN3O3. The smallest absolute Gasteiger partial charge is 0.338 e. The van der Waals surface area contributed by atoms with Crippen LogP contribution in [0.5, 0.6) is 5.75 Å². The number of carbonyl (C=O) groups is 1. The van der Waals surface area contributed by atoms with Crippen molar-refractivity contribution in [2.75, 3.05) is 13.7 Å². The van der Waals surface area contributed by atoms with E-state index in [0.29, 0.717) is 18.1 Å². The first-order chi connectivity index (χ1) is 11.6. The Morgan fingerprint density at radius 3 is 2.83 bits per heavy atom. The summed E-state index contributed by atoms with van der Waals surface area (Å²) in [5.74, 6) is -0.116. The van der Waals surface area contributed by atoms with Gasteiger partial charge in [0.1, 0.15) is 17.4 Å². The molecule has 1 atom stereocenters. The predicted molar refractivity (Wildman–Crippen MR) is 84.3 cm³/mol. The van der Waals surface area contributed by atoms with E-state index < -0.39 is 5.97 Å². The molecule has 1 aliphatic rings. The molecule has 1 aromatic heterocycles. The van der Waals surface area contributed by atoms with Crippen molar-refractivity contribution in [1.29, 1.82) is 0 Å². The molecule has 1 N–H and O–H groups in total. The average Bonchev–Trinajstić information content (AvgIpc) is 3.03. The molecule has 1 saturated heterocycles. The third kappa shape index (κ3) is 3.35. The molecule has 7 heteroatoms. The molecule has 0 radical (unpaired) electrons. The summed E-state index contributed by atoms with van der Waals surface area (Å²) >= 11 is 0. The molecular weight excluding hydrogens is 313 g/mol. The van der Waals surface area contributed by atoms with Crippen LogP contribution in [0.25, 0.3) is 0 Å². The number of carboxylic acid groups (broad SMARTS) is 1. The molecule has 0 saturated carbocycles. The van der Waals surface area contributed by atoms with Crippen molar-refractivity contribution in [3.63, 3.8) is 0 Å². The van der Waals surface area contributed by atoms with Gasteiger partial charge < -0.3 is 9.84 Å². The maximum absolute atomic E-state index is 13.5. The lowest BCUT2D eigenvalue weighted by molar-refractivity contribution is 0.0695. The summed E-state index contributed by atoms with van der Waals surface area (Å²) in [7, 11) is 1.56. The Bertz CT molecular complexity index is 736. The molecule has 1 fully saturated rings. The second-order valence-corrected chi connectivity index (χ2v) is 5.72. The Balaban J connectivity index is 1.81. The first kappa shape index (κ1) is 16.3. The van der Waals surface area contributed by atoms with Crippen molar-refractivity contribution >= 4 is 5.97 Å². The topological polar surface area (TPSA) is 75.5 Å². The van der Waals surface area contributed by atoms with Gasteiger partial charge in [0.05, 0.1) is 18.7 Å². The molecule has 0 aliphatic carbocycles. The van der Waals surface area contributed by atoms with Crippen LogP contribution in [-0.2, 0) is 6.54 Å². The maximum Gasteiger partial charge on any atom is 0.338 e. The molecule has 0 amide bonds. The Morgan fingerprint density at radius 1 is 1.42 bits per heavy atom. The number of hydrogen-bond acceptors (Lipinski definition) is 5. The zero-order valence-corrected chi connectivity index (χ0v) is 13.3. The number of carboxylic acids is 1. The number of halogens is 1. The highest BCUT2D eigenvalue weighted by Crippen LogP contribution is 2.33. The van der Waals surface area contributed by atoms with Crippen molar-refractivity contribution in [3.8, 4) is 5.75 Å². The van der Waals surface area contributed by atoms with Gasteiger partial charge in [0.15, 0.2) is 0 Å². The van der Waals surface area contributed by atoms with E-state index in [1.54, 1.807) is 13.2 Å². The van der Waals surface area contributed by atoms with Gasteiger partial charge in [-0.25, -0.2) is 19.2 Å². The SMILES string of the molecule is COc1ccc(F)cc1CN1CCCC1c1ncc(C(=O)O)cn1. The number of methoxy groups -OCH3 is 1. The molecule has 126 valence electrons. The van der Waals surface area contributed by atoms with Crippen molar-refractivity contribution in [2.24, 2.45) is 0 Å². The van der Waals surface area contributed by atoms with Gasteiger partial charge >= 0.3 is 5.97 Å². The first-order valence-electron chi connectivity index (χ1n) is 7.70. The van der Waals surface area contributed by atoms with Gasteiger partial charge in [-0.3, -0.25) is 4.90 Å².